The number of halogens is 1. The molecule has 18 heavy (non-hydrogen) atoms. The Labute approximate surface area is 107 Å². The fourth-order valence-electron chi connectivity index (χ4n) is 2.18. The highest BCUT2D eigenvalue weighted by Crippen LogP contribution is 2.25. The Morgan fingerprint density at radius 1 is 1.39 bits per heavy atom. The maximum absolute atomic E-state index is 13.7. The molecule has 1 aromatic carbocycles. The molecule has 1 fully saturated rings. The van der Waals surface area contributed by atoms with Crippen LogP contribution in [-0.4, -0.2) is 32.3 Å². The first kappa shape index (κ1) is 12.9. The lowest BCUT2D eigenvalue weighted by atomic mass is 9.97. The molecule has 98 valence electrons. The summed E-state index contributed by atoms with van der Waals surface area (Å²) in [6.45, 7) is 3.24. The van der Waals surface area contributed by atoms with Crippen LogP contribution in [0.15, 0.2) is 24.3 Å². The van der Waals surface area contributed by atoms with Gasteiger partial charge in [0, 0.05) is 18.8 Å². The molecule has 0 radical (unpaired) electrons. The van der Waals surface area contributed by atoms with Gasteiger partial charge in [0.2, 0.25) is 0 Å². The van der Waals surface area contributed by atoms with Gasteiger partial charge in [0.15, 0.2) is 0 Å². The first-order valence-electron chi connectivity index (χ1n) is 6.19. The van der Waals surface area contributed by atoms with Gasteiger partial charge in [-0.1, -0.05) is 6.92 Å². The van der Waals surface area contributed by atoms with Crippen LogP contribution in [0.25, 0.3) is 0 Å². The molecule has 0 bridgehead atoms. The number of alkyl halides is 1. The van der Waals surface area contributed by atoms with Gasteiger partial charge in [0.1, 0.15) is 6.17 Å². The quantitative estimate of drug-likeness (QED) is 0.757. The van der Waals surface area contributed by atoms with Crippen LogP contribution in [-0.2, 0) is 4.74 Å². The van der Waals surface area contributed by atoms with Gasteiger partial charge < -0.3 is 9.64 Å². The number of piperidine rings is 1. The first-order chi connectivity index (χ1) is 8.61. The maximum atomic E-state index is 13.7. The normalized spacial score (nSPS) is 23.8. The first-order valence-corrected chi connectivity index (χ1v) is 6.19. The molecular weight excluding hydrogens is 233 g/mol. The van der Waals surface area contributed by atoms with Crippen molar-refractivity contribution in [2.24, 2.45) is 5.92 Å². The molecule has 1 saturated heterocycles. The van der Waals surface area contributed by atoms with Gasteiger partial charge in [0.05, 0.1) is 12.7 Å². The smallest absolute Gasteiger partial charge is 0.337 e. The summed E-state index contributed by atoms with van der Waals surface area (Å²) >= 11 is 0. The van der Waals surface area contributed by atoms with Gasteiger partial charge in [-0.15, -0.1) is 0 Å². The van der Waals surface area contributed by atoms with Crippen molar-refractivity contribution in [3.8, 4) is 0 Å². The van der Waals surface area contributed by atoms with Crippen molar-refractivity contribution in [1.29, 1.82) is 0 Å². The standard InChI is InChI=1S/C14H18FNO2/c1-10-7-8-16(9-13(10)15)12-5-3-11(4-6-12)14(17)18-2/h3-6,10,13H,7-9H2,1-2H3. The monoisotopic (exact) mass is 251 g/mol. The minimum absolute atomic E-state index is 0.135. The van der Waals surface area contributed by atoms with Gasteiger partial charge in [-0.25, -0.2) is 9.18 Å². The third-order valence-electron chi connectivity index (χ3n) is 3.52. The lowest BCUT2D eigenvalue weighted by Gasteiger charge is -2.34. The number of methoxy groups -OCH3 is 1. The van der Waals surface area contributed by atoms with Crippen LogP contribution in [0.1, 0.15) is 23.7 Å². The van der Waals surface area contributed by atoms with Crippen LogP contribution < -0.4 is 4.90 Å². The van der Waals surface area contributed by atoms with Gasteiger partial charge in [-0.3, -0.25) is 0 Å². The van der Waals surface area contributed by atoms with Crippen LogP contribution in [0.3, 0.4) is 0 Å². The zero-order chi connectivity index (χ0) is 13.1. The lowest BCUT2D eigenvalue weighted by molar-refractivity contribution is 0.0600. The average molecular weight is 251 g/mol. The van der Waals surface area contributed by atoms with Crippen molar-refractivity contribution in [2.45, 2.75) is 19.5 Å². The minimum Gasteiger partial charge on any atom is -0.465 e. The van der Waals surface area contributed by atoms with Crippen LogP contribution >= 0.6 is 0 Å². The zero-order valence-corrected chi connectivity index (χ0v) is 10.7. The largest absolute Gasteiger partial charge is 0.465 e. The molecule has 0 spiro atoms. The van der Waals surface area contributed by atoms with E-state index in [0.29, 0.717) is 12.1 Å². The fourth-order valence-corrected chi connectivity index (χ4v) is 2.18. The molecule has 2 atom stereocenters. The molecule has 0 amide bonds. The molecule has 3 nitrogen and oxygen atoms in total. The van der Waals surface area contributed by atoms with Crippen LogP contribution in [0.4, 0.5) is 10.1 Å². The molecule has 4 heteroatoms. The molecule has 1 aliphatic heterocycles. The highest BCUT2D eigenvalue weighted by atomic mass is 19.1. The summed E-state index contributed by atoms with van der Waals surface area (Å²) < 4.78 is 18.3. The van der Waals surface area contributed by atoms with E-state index in [4.69, 9.17) is 0 Å². The Kier molecular flexibility index (Phi) is 3.84. The highest BCUT2D eigenvalue weighted by Gasteiger charge is 2.25. The third kappa shape index (κ3) is 2.63. The Bertz CT molecular complexity index is 418. The summed E-state index contributed by atoms with van der Waals surface area (Å²) in [5.41, 5.74) is 1.47. The van der Waals surface area contributed by atoms with Crippen LogP contribution in [0.5, 0.6) is 0 Å². The van der Waals surface area contributed by atoms with Crippen molar-refractivity contribution < 1.29 is 13.9 Å². The van der Waals surface area contributed by atoms with Crippen molar-refractivity contribution >= 4 is 11.7 Å². The van der Waals surface area contributed by atoms with E-state index >= 15 is 0 Å². The van der Waals surface area contributed by atoms with E-state index in [0.717, 1.165) is 18.7 Å². The molecule has 2 unspecified atom stereocenters. The maximum Gasteiger partial charge on any atom is 0.337 e. The van der Waals surface area contributed by atoms with E-state index in [-0.39, 0.29) is 11.9 Å². The second kappa shape index (κ2) is 5.38. The van der Waals surface area contributed by atoms with Crippen molar-refractivity contribution in [2.75, 3.05) is 25.1 Å². The number of rotatable bonds is 2. The van der Waals surface area contributed by atoms with E-state index in [1.807, 2.05) is 24.0 Å². The Morgan fingerprint density at radius 3 is 2.61 bits per heavy atom. The topological polar surface area (TPSA) is 29.5 Å². The number of hydrogen-bond acceptors (Lipinski definition) is 3. The SMILES string of the molecule is COC(=O)c1ccc(N2CCC(C)C(F)C2)cc1. The Hall–Kier alpha value is -1.58. The average Bonchev–Trinajstić information content (AvgIpc) is 2.41. The van der Waals surface area contributed by atoms with E-state index in [9.17, 15) is 9.18 Å². The number of nitrogens with zero attached hydrogens (tertiary/aromatic N) is 1. The van der Waals surface area contributed by atoms with E-state index in [2.05, 4.69) is 4.74 Å². The Balaban J connectivity index is 2.08. The summed E-state index contributed by atoms with van der Waals surface area (Å²) in [7, 11) is 1.36. The summed E-state index contributed by atoms with van der Waals surface area (Å²) in [4.78, 5) is 13.3. The molecule has 0 saturated carbocycles. The van der Waals surface area contributed by atoms with E-state index in [1.54, 1.807) is 12.1 Å². The molecule has 1 aliphatic rings. The molecule has 0 N–H and O–H groups in total. The molecule has 0 aliphatic carbocycles. The number of ether oxygens (including phenoxy) is 1. The third-order valence-corrected chi connectivity index (χ3v) is 3.52. The summed E-state index contributed by atoms with van der Waals surface area (Å²) in [6.07, 6.45) is 0.0824. The lowest BCUT2D eigenvalue weighted by Crippen LogP contribution is -2.40. The summed E-state index contributed by atoms with van der Waals surface area (Å²) in [5.74, 6) is -0.215. The van der Waals surface area contributed by atoms with Crippen LogP contribution in [0.2, 0.25) is 0 Å². The van der Waals surface area contributed by atoms with Gasteiger partial charge in [-0.2, -0.15) is 0 Å². The number of benzene rings is 1. The number of anilines is 1. The number of carbonyl (C=O) groups excluding carboxylic acids is 1. The van der Waals surface area contributed by atoms with E-state index in [1.165, 1.54) is 7.11 Å². The number of carbonyl (C=O) groups is 1. The van der Waals surface area contributed by atoms with Gasteiger partial charge in [0.25, 0.3) is 0 Å². The predicted molar refractivity (Wildman–Crippen MR) is 68.7 cm³/mol. The second-order valence-corrected chi connectivity index (χ2v) is 4.77. The highest BCUT2D eigenvalue weighted by molar-refractivity contribution is 5.89. The van der Waals surface area contributed by atoms with Crippen molar-refractivity contribution in [3.63, 3.8) is 0 Å². The molecular formula is C14H18FNO2. The molecule has 1 aromatic rings. The van der Waals surface area contributed by atoms with Gasteiger partial charge in [-0.05, 0) is 36.6 Å². The fraction of sp³-hybridized carbons (Fsp3) is 0.500. The number of esters is 1. The minimum atomic E-state index is -0.779. The predicted octanol–water partition coefficient (Wildman–Crippen LogP) is 2.66. The number of hydrogen-bond donors (Lipinski definition) is 0. The molecule has 2 rings (SSSR count). The molecule has 1 heterocycles. The molecule has 0 aromatic heterocycles. The summed E-state index contributed by atoms with van der Waals surface area (Å²) in [6, 6.07) is 7.11. The van der Waals surface area contributed by atoms with Gasteiger partial charge >= 0.3 is 5.97 Å². The summed E-state index contributed by atoms with van der Waals surface area (Å²) in [5, 5.41) is 0. The van der Waals surface area contributed by atoms with Crippen LogP contribution in [0, 0.1) is 5.92 Å². The van der Waals surface area contributed by atoms with E-state index < -0.39 is 6.17 Å². The Morgan fingerprint density at radius 2 is 2.06 bits per heavy atom. The second-order valence-electron chi connectivity index (χ2n) is 4.77. The zero-order valence-electron chi connectivity index (χ0n) is 10.7. The van der Waals surface area contributed by atoms with Crippen molar-refractivity contribution in [3.05, 3.63) is 29.8 Å². The van der Waals surface area contributed by atoms with Crippen molar-refractivity contribution in [1.82, 2.24) is 0 Å².